The van der Waals surface area contributed by atoms with Gasteiger partial charge in [0.1, 0.15) is 6.10 Å². The van der Waals surface area contributed by atoms with Crippen molar-refractivity contribution in [3.05, 3.63) is 0 Å². The van der Waals surface area contributed by atoms with Gasteiger partial charge in [0, 0.05) is 0 Å². The Morgan fingerprint density at radius 3 is 2.25 bits per heavy atom. The molecule has 0 aromatic rings. The number of hydrogen-bond donors (Lipinski definition) is 0. The maximum absolute atomic E-state index is 11.6. The van der Waals surface area contributed by atoms with Gasteiger partial charge in [-0.05, 0) is 31.5 Å². The van der Waals surface area contributed by atoms with Gasteiger partial charge in [-0.25, -0.2) is 0 Å². The average Bonchev–Trinajstić information content (AvgIpc) is 2.17. The molecule has 0 spiro atoms. The minimum Gasteiger partial charge on any atom is -0.459 e. The number of ether oxygens (including phenoxy) is 1. The molecule has 0 radical (unpaired) electrons. The molecule has 0 aromatic carbocycles. The third-order valence-electron chi connectivity index (χ3n) is 3.52. The molecule has 1 heterocycles. The summed E-state index contributed by atoms with van der Waals surface area (Å²) in [6.07, 6.45) is -0.0644. The lowest BCUT2D eigenvalue weighted by Crippen LogP contribution is -2.45. The van der Waals surface area contributed by atoms with Crippen LogP contribution < -0.4 is 0 Å². The lowest BCUT2D eigenvalue weighted by Gasteiger charge is -2.38. The molecule has 0 N–H and O–H groups in total. The van der Waals surface area contributed by atoms with E-state index in [0.717, 1.165) is 0 Å². The van der Waals surface area contributed by atoms with Crippen LogP contribution >= 0.6 is 0 Å². The average molecular weight is 244 g/mol. The summed E-state index contributed by atoms with van der Waals surface area (Å²) in [6, 6.07) is 0. The first-order valence-electron chi connectivity index (χ1n) is 6.07. The molecule has 0 amide bonds. The third-order valence-corrected chi connectivity index (χ3v) is 4.56. The lowest BCUT2D eigenvalue weighted by molar-refractivity contribution is -0.172. The predicted octanol–water partition coefficient (Wildman–Crippen LogP) is 2.67. The molecule has 1 aliphatic heterocycles. The van der Waals surface area contributed by atoms with Crippen molar-refractivity contribution in [1.29, 1.82) is 0 Å². The molecule has 16 heavy (non-hydrogen) atoms. The summed E-state index contributed by atoms with van der Waals surface area (Å²) in [6.45, 7) is 13.2. The van der Waals surface area contributed by atoms with Gasteiger partial charge in [-0.2, -0.15) is 0 Å². The number of rotatable bonds is 3. The van der Waals surface area contributed by atoms with Gasteiger partial charge in [0.2, 0.25) is 0 Å². The molecule has 1 saturated heterocycles. The highest BCUT2D eigenvalue weighted by Gasteiger charge is 2.39. The van der Waals surface area contributed by atoms with Crippen molar-refractivity contribution in [3.8, 4) is 0 Å². The maximum Gasteiger partial charge on any atom is 0.309 e. The number of esters is 1. The van der Waals surface area contributed by atoms with E-state index >= 15 is 0 Å². The van der Waals surface area contributed by atoms with Crippen molar-refractivity contribution >= 4 is 14.3 Å². The molecule has 0 aliphatic carbocycles. The Hall–Kier alpha value is -0.353. The van der Waals surface area contributed by atoms with Crippen molar-refractivity contribution in [2.24, 2.45) is 17.8 Å². The van der Waals surface area contributed by atoms with E-state index in [2.05, 4.69) is 33.5 Å². The van der Waals surface area contributed by atoms with E-state index in [4.69, 9.17) is 9.16 Å². The van der Waals surface area contributed by atoms with E-state index in [1.165, 1.54) is 0 Å². The lowest BCUT2D eigenvalue weighted by atomic mass is 9.80. The first-order chi connectivity index (χ1) is 7.22. The van der Waals surface area contributed by atoms with Crippen LogP contribution in [0.5, 0.6) is 0 Å². The zero-order valence-electron chi connectivity index (χ0n) is 11.2. The summed E-state index contributed by atoms with van der Waals surface area (Å²) in [4.78, 5) is 11.6. The van der Waals surface area contributed by atoms with Crippen molar-refractivity contribution < 1.29 is 14.0 Å². The van der Waals surface area contributed by atoms with Gasteiger partial charge in [-0.1, -0.05) is 20.8 Å². The van der Waals surface area contributed by atoms with Gasteiger partial charge in [0.05, 0.1) is 12.5 Å². The number of carbonyl (C=O) groups excluding carboxylic acids is 1. The minimum atomic E-state index is -1.52. The largest absolute Gasteiger partial charge is 0.459 e. The zero-order valence-corrected chi connectivity index (χ0v) is 12.2. The molecule has 4 heteroatoms. The van der Waals surface area contributed by atoms with E-state index in [1.807, 2.05) is 6.92 Å². The van der Waals surface area contributed by atoms with Crippen molar-refractivity contribution in [1.82, 2.24) is 0 Å². The molecule has 1 rings (SSSR count). The van der Waals surface area contributed by atoms with Crippen LogP contribution in [0.25, 0.3) is 0 Å². The van der Waals surface area contributed by atoms with E-state index in [9.17, 15) is 4.79 Å². The molecule has 1 fully saturated rings. The Morgan fingerprint density at radius 1 is 1.19 bits per heavy atom. The fourth-order valence-corrected chi connectivity index (χ4v) is 2.55. The summed E-state index contributed by atoms with van der Waals surface area (Å²) < 4.78 is 11.3. The second-order valence-corrected chi connectivity index (χ2v) is 10.4. The normalized spacial score (nSPS) is 36.0. The molecule has 94 valence electrons. The van der Waals surface area contributed by atoms with Gasteiger partial charge >= 0.3 is 5.97 Å². The number of carbonyl (C=O) groups is 1. The Bertz CT molecular complexity index is 259. The molecule has 0 bridgehead atoms. The van der Waals surface area contributed by atoms with Crippen LogP contribution in [-0.2, 0) is 14.0 Å². The number of cyclic esters (lactones) is 1. The summed E-state index contributed by atoms with van der Waals surface area (Å²) in [5.41, 5.74) is 0. The van der Waals surface area contributed by atoms with Crippen LogP contribution in [-0.4, -0.2) is 27.0 Å². The maximum atomic E-state index is 11.6. The first kappa shape index (κ1) is 13.7. The summed E-state index contributed by atoms with van der Waals surface area (Å²) in [5, 5.41) is 0. The van der Waals surface area contributed by atoms with Crippen LogP contribution in [0.3, 0.4) is 0 Å². The van der Waals surface area contributed by atoms with Crippen LogP contribution in [0.15, 0.2) is 0 Å². The SMILES string of the molecule is CC1C(=O)OC(CO[Si](C)(C)C)[C@@H](C)[C@@H]1C. The van der Waals surface area contributed by atoms with Gasteiger partial charge in [0.15, 0.2) is 8.32 Å². The van der Waals surface area contributed by atoms with Crippen LogP contribution in [0, 0.1) is 17.8 Å². The number of hydrogen-bond acceptors (Lipinski definition) is 3. The Morgan fingerprint density at radius 2 is 1.75 bits per heavy atom. The van der Waals surface area contributed by atoms with Crippen LogP contribution in [0.2, 0.25) is 19.6 Å². The van der Waals surface area contributed by atoms with E-state index in [-0.39, 0.29) is 18.0 Å². The van der Waals surface area contributed by atoms with Gasteiger partial charge in [-0.3, -0.25) is 4.79 Å². The van der Waals surface area contributed by atoms with Crippen molar-refractivity contribution in [2.45, 2.75) is 46.5 Å². The first-order valence-corrected chi connectivity index (χ1v) is 9.47. The Labute approximate surface area is 99.6 Å². The fourth-order valence-electron chi connectivity index (χ4n) is 1.89. The standard InChI is InChI=1S/C12H24O3Si/c1-8-9(2)11(7-14-16(4,5)6)15-12(13)10(8)3/h8-11H,7H2,1-6H3/t8-,9-,10?,11?/m0/s1. The fraction of sp³-hybridized carbons (Fsp3) is 0.917. The van der Waals surface area contributed by atoms with Gasteiger partial charge in [0.25, 0.3) is 0 Å². The second kappa shape index (κ2) is 4.88. The molecular weight excluding hydrogens is 220 g/mol. The second-order valence-electron chi connectivity index (χ2n) is 5.91. The summed E-state index contributed by atoms with van der Waals surface area (Å²) in [5.74, 6) is 0.688. The minimum absolute atomic E-state index is 0.0122. The smallest absolute Gasteiger partial charge is 0.309 e. The summed E-state index contributed by atoms with van der Waals surface area (Å²) in [7, 11) is -1.52. The highest BCUT2D eigenvalue weighted by atomic mass is 28.4. The Balaban J connectivity index is 2.57. The van der Waals surface area contributed by atoms with E-state index < -0.39 is 8.32 Å². The topological polar surface area (TPSA) is 35.5 Å². The Kier molecular flexibility index (Phi) is 4.18. The third kappa shape index (κ3) is 3.32. The molecule has 2 unspecified atom stereocenters. The predicted molar refractivity (Wildman–Crippen MR) is 66.7 cm³/mol. The van der Waals surface area contributed by atoms with Crippen molar-refractivity contribution in [3.63, 3.8) is 0 Å². The highest BCUT2D eigenvalue weighted by molar-refractivity contribution is 6.69. The molecule has 3 nitrogen and oxygen atoms in total. The molecular formula is C12H24O3Si. The van der Waals surface area contributed by atoms with E-state index in [0.29, 0.717) is 18.4 Å². The van der Waals surface area contributed by atoms with Gasteiger partial charge < -0.3 is 9.16 Å². The zero-order chi connectivity index (χ0) is 12.5. The van der Waals surface area contributed by atoms with E-state index in [1.54, 1.807) is 0 Å². The molecule has 4 atom stereocenters. The van der Waals surface area contributed by atoms with Crippen molar-refractivity contribution in [2.75, 3.05) is 6.61 Å². The molecule has 0 saturated carbocycles. The quantitative estimate of drug-likeness (QED) is 0.565. The van der Waals surface area contributed by atoms with Crippen LogP contribution in [0.1, 0.15) is 20.8 Å². The molecule has 1 aliphatic rings. The van der Waals surface area contributed by atoms with Crippen LogP contribution in [0.4, 0.5) is 0 Å². The monoisotopic (exact) mass is 244 g/mol. The highest BCUT2D eigenvalue weighted by Crippen LogP contribution is 2.32. The van der Waals surface area contributed by atoms with Gasteiger partial charge in [-0.15, -0.1) is 0 Å². The molecule has 0 aromatic heterocycles. The summed E-state index contributed by atoms with van der Waals surface area (Å²) >= 11 is 0.